The Morgan fingerprint density at radius 1 is 1.23 bits per heavy atom. The molecule has 6 heteroatoms. The lowest BCUT2D eigenvalue weighted by molar-refractivity contribution is -0.117. The smallest absolute Gasteiger partial charge is 0.244 e. The van der Waals surface area contributed by atoms with Gasteiger partial charge in [0.2, 0.25) is 5.91 Å². The summed E-state index contributed by atoms with van der Waals surface area (Å²) >= 11 is 0. The van der Waals surface area contributed by atoms with Gasteiger partial charge in [-0.2, -0.15) is 0 Å². The van der Waals surface area contributed by atoms with E-state index in [-0.39, 0.29) is 11.9 Å². The van der Waals surface area contributed by atoms with Crippen molar-refractivity contribution < 1.29 is 14.3 Å². The van der Waals surface area contributed by atoms with Gasteiger partial charge in [0.25, 0.3) is 0 Å². The van der Waals surface area contributed by atoms with Gasteiger partial charge in [-0.1, -0.05) is 49.1 Å². The van der Waals surface area contributed by atoms with Crippen LogP contribution in [-0.4, -0.2) is 29.2 Å². The fourth-order valence-electron chi connectivity index (χ4n) is 3.02. The number of hydrogen-bond acceptors (Lipinski definition) is 4. The number of aryl methyl sites for hydroxylation is 1. The lowest BCUT2D eigenvalue weighted by Crippen LogP contribution is -2.29. The molecule has 1 atom stereocenters. The molecule has 0 aliphatic rings. The SMILES string of the molecule is C=CCOc1ccc(/C=C/C(=O)NC(c2ccccc2)c2nccn2C)cc1OC. The van der Waals surface area contributed by atoms with Gasteiger partial charge >= 0.3 is 0 Å². The summed E-state index contributed by atoms with van der Waals surface area (Å²) in [5, 5.41) is 3.04. The third kappa shape index (κ3) is 5.17. The zero-order valence-electron chi connectivity index (χ0n) is 17.1. The lowest BCUT2D eigenvalue weighted by atomic mass is 10.1. The number of nitrogens with one attached hydrogen (secondary N) is 1. The van der Waals surface area contributed by atoms with Gasteiger partial charge in [0.05, 0.1) is 7.11 Å². The molecule has 6 nitrogen and oxygen atoms in total. The van der Waals surface area contributed by atoms with Gasteiger partial charge in [0, 0.05) is 25.5 Å². The van der Waals surface area contributed by atoms with Crippen LogP contribution >= 0.6 is 0 Å². The molecule has 30 heavy (non-hydrogen) atoms. The second-order valence-corrected chi connectivity index (χ2v) is 6.59. The first-order valence-corrected chi connectivity index (χ1v) is 9.55. The summed E-state index contributed by atoms with van der Waals surface area (Å²) in [6.07, 6.45) is 8.47. The Hall–Kier alpha value is -3.80. The van der Waals surface area contributed by atoms with Crippen molar-refractivity contribution in [1.29, 1.82) is 0 Å². The van der Waals surface area contributed by atoms with E-state index < -0.39 is 0 Å². The Bertz CT molecular complexity index is 1030. The summed E-state index contributed by atoms with van der Waals surface area (Å²) < 4.78 is 12.8. The summed E-state index contributed by atoms with van der Waals surface area (Å²) in [7, 11) is 3.48. The molecule has 0 aliphatic heterocycles. The van der Waals surface area contributed by atoms with Crippen molar-refractivity contribution in [3.63, 3.8) is 0 Å². The van der Waals surface area contributed by atoms with Gasteiger partial charge in [-0.25, -0.2) is 4.98 Å². The Labute approximate surface area is 176 Å². The molecular weight excluding hydrogens is 378 g/mol. The highest BCUT2D eigenvalue weighted by Gasteiger charge is 2.19. The molecular formula is C24H25N3O3. The molecule has 0 spiro atoms. The van der Waals surface area contributed by atoms with Crippen LogP contribution in [-0.2, 0) is 11.8 Å². The second-order valence-electron chi connectivity index (χ2n) is 6.59. The molecule has 0 saturated carbocycles. The number of ether oxygens (including phenoxy) is 2. The van der Waals surface area contributed by atoms with E-state index in [9.17, 15) is 4.79 Å². The van der Waals surface area contributed by atoms with Crippen LogP contribution in [0.3, 0.4) is 0 Å². The maximum atomic E-state index is 12.7. The zero-order chi connectivity index (χ0) is 21.3. The first-order chi connectivity index (χ1) is 14.6. The first-order valence-electron chi connectivity index (χ1n) is 9.55. The van der Waals surface area contributed by atoms with Crippen molar-refractivity contribution in [3.05, 3.63) is 96.6 Å². The van der Waals surface area contributed by atoms with Crippen LogP contribution in [0.15, 0.2) is 79.7 Å². The molecule has 2 aromatic carbocycles. The highest BCUT2D eigenvalue weighted by Crippen LogP contribution is 2.28. The first kappa shape index (κ1) is 20.9. The normalized spacial score (nSPS) is 11.8. The van der Waals surface area contributed by atoms with Crippen molar-refractivity contribution in [3.8, 4) is 11.5 Å². The number of hydrogen-bond donors (Lipinski definition) is 1. The van der Waals surface area contributed by atoms with Gasteiger partial charge in [-0.3, -0.25) is 4.79 Å². The Morgan fingerprint density at radius 3 is 2.70 bits per heavy atom. The minimum atomic E-state index is -0.354. The van der Waals surface area contributed by atoms with E-state index in [4.69, 9.17) is 9.47 Å². The monoisotopic (exact) mass is 403 g/mol. The molecule has 0 saturated heterocycles. The van der Waals surface area contributed by atoms with Crippen LogP contribution in [0.2, 0.25) is 0 Å². The van der Waals surface area contributed by atoms with Crippen molar-refractivity contribution in [1.82, 2.24) is 14.9 Å². The summed E-state index contributed by atoms with van der Waals surface area (Å²) in [5.74, 6) is 1.75. The largest absolute Gasteiger partial charge is 0.493 e. The molecule has 154 valence electrons. The zero-order valence-corrected chi connectivity index (χ0v) is 17.1. The third-order valence-corrected chi connectivity index (χ3v) is 4.51. The van der Waals surface area contributed by atoms with Crippen LogP contribution < -0.4 is 14.8 Å². The third-order valence-electron chi connectivity index (χ3n) is 4.51. The minimum absolute atomic E-state index is 0.224. The molecule has 1 aromatic heterocycles. The number of aromatic nitrogens is 2. The van der Waals surface area contributed by atoms with Crippen molar-refractivity contribution in [2.45, 2.75) is 6.04 Å². The van der Waals surface area contributed by atoms with Crippen LogP contribution in [0.1, 0.15) is 23.0 Å². The van der Waals surface area contributed by atoms with Gasteiger partial charge in [0.15, 0.2) is 11.5 Å². The average molecular weight is 403 g/mol. The van der Waals surface area contributed by atoms with Crippen molar-refractivity contribution >= 4 is 12.0 Å². The van der Waals surface area contributed by atoms with Gasteiger partial charge in [-0.15, -0.1) is 0 Å². The number of carbonyl (C=O) groups excluding carboxylic acids is 1. The molecule has 1 unspecified atom stereocenters. The Morgan fingerprint density at radius 2 is 2.03 bits per heavy atom. The predicted octanol–water partition coefficient (Wildman–Crippen LogP) is 3.91. The molecule has 0 aliphatic carbocycles. The van der Waals surface area contributed by atoms with E-state index in [2.05, 4.69) is 16.9 Å². The fraction of sp³-hybridized carbons (Fsp3) is 0.167. The summed E-state index contributed by atoms with van der Waals surface area (Å²) in [4.78, 5) is 17.1. The molecule has 3 rings (SSSR count). The lowest BCUT2D eigenvalue weighted by Gasteiger charge is -2.18. The number of nitrogens with zero attached hydrogens (tertiary/aromatic N) is 2. The topological polar surface area (TPSA) is 65.4 Å². The number of rotatable bonds is 9. The van der Waals surface area contributed by atoms with Gasteiger partial charge in [0.1, 0.15) is 18.5 Å². The van der Waals surface area contributed by atoms with E-state index in [0.717, 1.165) is 17.0 Å². The number of methoxy groups -OCH3 is 1. The van der Waals surface area contributed by atoms with E-state index >= 15 is 0 Å². The average Bonchev–Trinajstić information content (AvgIpc) is 3.20. The van der Waals surface area contributed by atoms with Crippen LogP contribution in [0.4, 0.5) is 0 Å². The molecule has 1 heterocycles. The van der Waals surface area contributed by atoms with Crippen molar-refractivity contribution in [2.24, 2.45) is 7.05 Å². The molecule has 3 aromatic rings. The van der Waals surface area contributed by atoms with Crippen LogP contribution in [0.5, 0.6) is 11.5 Å². The maximum Gasteiger partial charge on any atom is 0.244 e. The molecule has 1 amide bonds. The summed E-state index contributed by atoms with van der Waals surface area (Å²) in [5.41, 5.74) is 1.78. The van der Waals surface area contributed by atoms with E-state index in [0.29, 0.717) is 18.1 Å². The number of imidazole rings is 1. The molecule has 1 N–H and O–H groups in total. The molecule has 0 radical (unpaired) electrons. The Balaban J connectivity index is 1.76. The van der Waals surface area contributed by atoms with Crippen LogP contribution in [0.25, 0.3) is 6.08 Å². The quantitative estimate of drug-likeness (QED) is 0.435. The summed E-state index contributed by atoms with van der Waals surface area (Å²) in [6, 6.07) is 14.9. The van der Waals surface area contributed by atoms with Crippen molar-refractivity contribution in [2.75, 3.05) is 13.7 Å². The standard InChI is InChI=1S/C24H25N3O3/c1-4-16-30-20-12-10-18(17-21(20)29-3)11-13-22(28)26-23(19-8-6-5-7-9-19)24-25-14-15-27(24)2/h4-15,17,23H,1,16H2,2-3H3,(H,26,28)/b13-11+. The minimum Gasteiger partial charge on any atom is -0.493 e. The van der Waals surface area contributed by atoms with Crippen LogP contribution in [0, 0.1) is 0 Å². The number of amides is 1. The summed E-state index contributed by atoms with van der Waals surface area (Å²) in [6.45, 7) is 4.03. The highest BCUT2D eigenvalue weighted by molar-refractivity contribution is 5.92. The van der Waals surface area contributed by atoms with Gasteiger partial charge < -0.3 is 19.4 Å². The number of benzene rings is 2. The van der Waals surface area contributed by atoms with Gasteiger partial charge in [-0.05, 0) is 29.3 Å². The number of carbonyl (C=O) groups is 1. The van der Waals surface area contributed by atoms with E-state index in [1.54, 1.807) is 31.5 Å². The predicted molar refractivity (Wildman–Crippen MR) is 117 cm³/mol. The van der Waals surface area contributed by atoms with E-state index in [1.165, 1.54) is 6.08 Å². The molecule has 0 fully saturated rings. The Kier molecular flexibility index (Phi) is 7.05. The maximum absolute atomic E-state index is 12.7. The highest BCUT2D eigenvalue weighted by atomic mass is 16.5. The van der Waals surface area contributed by atoms with E-state index in [1.807, 2.05) is 60.3 Å². The fourth-order valence-corrected chi connectivity index (χ4v) is 3.02. The second kappa shape index (κ2) is 10.1. The molecule has 0 bridgehead atoms.